The molecule has 1 aromatic carbocycles. The summed E-state index contributed by atoms with van der Waals surface area (Å²) >= 11 is 0. The van der Waals surface area contributed by atoms with E-state index in [1.165, 1.54) is 4.90 Å². The third-order valence-electron chi connectivity index (χ3n) is 3.44. The number of benzene rings is 1. The number of nitrogens with zero attached hydrogens (tertiary/aromatic N) is 2. The summed E-state index contributed by atoms with van der Waals surface area (Å²) in [6, 6.07) is 12.0. The van der Waals surface area contributed by atoms with Gasteiger partial charge in [-0.15, -0.1) is 0 Å². The molecule has 1 atom stereocenters. The molecule has 1 saturated carbocycles. The van der Waals surface area contributed by atoms with Crippen LogP contribution in [0.15, 0.2) is 30.3 Å². The Labute approximate surface area is 118 Å². The number of rotatable bonds is 7. The zero-order valence-corrected chi connectivity index (χ0v) is 11.5. The number of hydrogen-bond donors (Lipinski definition) is 1. The summed E-state index contributed by atoms with van der Waals surface area (Å²) in [5.74, 6) is 0. The second kappa shape index (κ2) is 6.29. The second-order valence-corrected chi connectivity index (χ2v) is 5.39. The van der Waals surface area contributed by atoms with Crippen molar-refractivity contribution in [3.05, 3.63) is 35.9 Å². The van der Waals surface area contributed by atoms with E-state index in [0.29, 0.717) is 6.04 Å². The van der Waals surface area contributed by atoms with E-state index < -0.39 is 12.0 Å². The zero-order valence-electron chi connectivity index (χ0n) is 11.5. The lowest BCUT2D eigenvalue weighted by molar-refractivity contribution is 0.0901. The van der Waals surface area contributed by atoms with Gasteiger partial charge in [-0.3, -0.25) is 10.2 Å². The van der Waals surface area contributed by atoms with Crippen LogP contribution in [0.3, 0.4) is 0 Å². The lowest BCUT2D eigenvalue weighted by Crippen LogP contribution is -2.51. The van der Waals surface area contributed by atoms with Crippen molar-refractivity contribution in [3.8, 4) is 6.07 Å². The molecular formula is C15H19F2N3. The smallest absolute Gasteiger partial charge is 0.251 e. The van der Waals surface area contributed by atoms with Crippen LogP contribution in [-0.2, 0) is 5.54 Å². The molecule has 1 N–H and O–H groups in total. The molecule has 0 aliphatic heterocycles. The molecule has 0 aromatic heterocycles. The molecule has 0 heterocycles. The first-order valence-electron chi connectivity index (χ1n) is 6.77. The van der Waals surface area contributed by atoms with Crippen molar-refractivity contribution in [2.75, 3.05) is 20.1 Å². The van der Waals surface area contributed by atoms with Gasteiger partial charge in [-0.25, -0.2) is 8.78 Å². The molecule has 2 rings (SSSR count). The summed E-state index contributed by atoms with van der Waals surface area (Å²) in [7, 11) is 1.62. The minimum absolute atomic E-state index is 0.244. The molecule has 1 aromatic rings. The van der Waals surface area contributed by atoms with Crippen LogP contribution in [0.4, 0.5) is 8.78 Å². The van der Waals surface area contributed by atoms with Crippen molar-refractivity contribution >= 4 is 0 Å². The summed E-state index contributed by atoms with van der Waals surface area (Å²) in [5.41, 5.74) is -0.0954. The van der Waals surface area contributed by atoms with Gasteiger partial charge < -0.3 is 0 Å². The number of hydrogen-bond acceptors (Lipinski definition) is 3. The van der Waals surface area contributed by atoms with Gasteiger partial charge in [-0.2, -0.15) is 5.26 Å². The molecule has 108 valence electrons. The van der Waals surface area contributed by atoms with E-state index in [1.54, 1.807) is 7.05 Å². The third-order valence-corrected chi connectivity index (χ3v) is 3.44. The first-order valence-corrected chi connectivity index (χ1v) is 6.77. The SMILES string of the molecule is CN(CC(F)F)CC(C#N)(NC1CC1)c1ccccc1. The fraction of sp³-hybridized carbons (Fsp3) is 0.533. The molecular weight excluding hydrogens is 260 g/mol. The van der Waals surface area contributed by atoms with Crippen LogP contribution >= 0.6 is 0 Å². The van der Waals surface area contributed by atoms with Gasteiger partial charge in [-0.05, 0) is 25.5 Å². The third kappa shape index (κ3) is 3.75. The van der Waals surface area contributed by atoms with E-state index in [9.17, 15) is 14.0 Å². The Hall–Kier alpha value is -1.51. The largest absolute Gasteiger partial charge is 0.298 e. The van der Waals surface area contributed by atoms with E-state index in [0.717, 1.165) is 18.4 Å². The highest BCUT2D eigenvalue weighted by Gasteiger charge is 2.39. The topological polar surface area (TPSA) is 39.1 Å². The van der Waals surface area contributed by atoms with Gasteiger partial charge >= 0.3 is 0 Å². The minimum Gasteiger partial charge on any atom is -0.298 e. The molecule has 1 aliphatic rings. The van der Waals surface area contributed by atoms with E-state index in [1.807, 2.05) is 30.3 Å². The summed E-state index contributed by atoms with van der Waals surface area (Å²) in [4.78, 5) is 1.51. The van der Waals surface area contributed by atoms with Gasteiger partial charge in [0.2, 0.25) is 0 Å². The van der Waals surface area contributed by atoms with Crippen LogP contribution in [-0.4, -0.2) is 37.5 Å². The highest BCUT2D eigenvalue weighted by atomic mass is 19.3. The molecule has 20 heavy (non-hydrogen) atoms. The van der Waals surface area contributed by atoms with E-state index in [2.05, 4.69) is 11.4 Å². The Morgan fingerprint density at radius 1 is 1.40 bits per heavy atom. The Kier molecular flexibility index (Phi) is 4.69. The number of alkyl halides is 2. The van der Waals surface area contributed by atoms with Gasteiger partial charge in [0.25, 0.3) is 6.43 Å². The van der Waals surface area contributed by atoms with Crippen molar-refractivity contribution in [1.82, 2.24) is 10.2 Å². The molecule has 5 heteroatoms. The van der Waals surface area contributed by atoms with Crippen LogP contribution < -0.4 is 5.32 Å². The van der Waals surface area contributed by atoms with E-state index in [-0.39, 0.29) is 13.1 Å². The maximum absolute atomic E-state index is 12.5. The lowest BCUT2D eigenvalue weighted by atomic mass is 9.90. The van der Waals surface area contributed by atoms with Crippen molar-refractivity contribution in [1.29, 1.82) is 5.26 Å². The Morgan fingerprint density at radius 3 is 2.55 bits per heavy atom. The highest BCUT2D eigenvalue weighted by Crippen LogP contribution is 2.29. The summed E-state index contributed by atoms with van der Waals surface area (Å²) in [6.07, 6.45) is -0.322. The maximum atomic E-state index is 12.5. The Bertz CT molecular complexity index is 468. The summed E-state index contributed by atoms with van der Waals surface area (Å²) in [6.45, 7) is -0.0863. The predicted molar refractivity (Wildman–Crippen MR) is 73.4 cm³/mol. The lowest BCUT2D eigenvalue weighted by Gasteiger charge is -2.33. The standard InChI is InChI=1S/C15H19F2N3/c1-20(9-14(16)17)11-15(10-18,19-13-7-8-13)12-5-3-2-4-6-12/h2-6,13-14,19H,7-9,11H2,1H3. The normalized spacial score (nSPS) is 18.0. The highest BCUT2D eigenvalue weighted by molar-refractivity contribution is 5.32. The first-order chi connectivity index (χ1) is 9.55. The zero-order chi connectivity index (χ0) is 14.6. The summed E-state index contributed by atoms with van der Waals surface area (Å²) < 4.78 is 25.0. The van der Waals surface area contributed by atoms with Gasteiger partial charge in [0.15, 0.2) is 0 Å². The number of nitriles is 1. The van der Waals surface area contributed by atoms with Crippen molar-refractivity contribution in [3.63, 3.8) is 0 Å². The minimum atomic E-state index is -2.40. The number of halogens is 2. The van der Waals surface area contributed by atoms with Crippen LogP contribution in [0.25, 0.3) is 0 Å². The fourth-order valence-electron chi connectivity index (χ4n) is 2.36. The van der Waals surface area contributed by atoms with Crippen LogP contribution in [0.1, 0.15) is 18.4 Å². The van der Waals surface area contributed by atoms with Crippen LogP contribution in [0, 0.1) is 11.3 Å². The molecule has 3 nitrogen and oxygen atoms in total. The van der Waals surface area contributed by atoms with Crippen molar-refractivity contribution in [2.45, 2.75) is 30.8 Å². The van der Waals surface area contributed by atoms with Gasteiger partial charge in [0.05, 0.1) is 12.6 Å². The van der Waals surface area contributed by atoms with Crippen molar-refractivity contribution in [2.24, 2.45) is 0 Å². The average Bonchev–Trinajstić information content (AvgIpc) is 3.22. The molecule has 0 bridgehead atoms. The molecule has 1 unspecified atom stereocenters. The second-order valence-electron chi connectivity index (χ2n) is 5.39. The van der Waals surface area contributed by atoms with Crippen LogP contribution in [0.5, 0.6) is 0 Å². The quantitative estimate of drug-likeness (QED) is 0.832. The average molecular weight is 279 g/mol. The molecule has 0 radical (unpaired) electrons. The van der Waals surface area contributed by atoms with E-state index in [4.69, 9.17) is 0 Å². The number of nitrogens with one attached hydrogen (secondary N) is 1. The number of likely N-dealkylation sites (N-methyl/N-ethyl adjacent to an activating group) is 1. The molecule has 1 fully saturated rings. The van der Waals surface area contributed by atoms with E-state index >= 15 is 0 Å². The van der Waals surface area contributed by atoms with Gasteiger partial charge in [0.1, 0.15) is 5.54 Å². The van der Waals surface area contributed by atoms with Gasteiger partial charge in [-0.1, -0.05) is 30.3 Å². The van der Waals surface area contributed by atoms with Crippen LogP contribution in [0.2, 0.25) is 0 Å². The monoisotopic (exact) mass is 279 g/mol. The predicted octanol–water partition coefficient (Wildman–Crippen LogP) is 2.35. The molecule has 0 saturated heterocycles. The molecule has 0 spiro atoms. The molecule has 1 aliphatic carbocycles. The fourth-order valence-corrected chi connectivity index (χ4v) is 2.36. The molecule has 0 amide bonds. The van der Waals surface area contributed by atoms with Gasteiger partial charge in [0, 0.05) is 12.6 Å². The first kappa shape index (κ1) is 14.9. The summed E-state index contributed by atoms with van der Waals surface area (Å²) in [5, 5.41) is 13.0. The Morgan fingerprint density at radius 2 is 2.05 bits per heavy atom. The Balaban J connectivity index is 2.21. The van der Waals surface area contributed by atoms with Crippen molar-refractivity contribution < 1.29 is 8.78 Å². The maximum Gasteiger partial charge on any atom is 0.251 e.